The fourth-order valence-corrected chi connectivity index (χ4v) is 2.21. The summed E-state index contributed by atoms with van der Waals surface area (Å²) in [4.78, 5) is 18.6. The number of hydrogen-bond acceptors (Lipinski definition) is 5. The SMILES string of the molecule is Cc1noc(-c2c(O)c3cc(Br)ccc3[nH]c2=O)n1. The fraction of sp³-hybridized carbons (Fsp3) is 0.0833. The summed E-state index contributed by atoms with van der Waals surface area (Å²) in [6.45, 7) is 1.63. The van der Waals surface area contributed by atoms with Gasteiger partial charge in [0.2, 0.25) is 0 Å². The van der Waals surface area contributed by atoms with Gasteiger partial charge in [-0.1, -0.05) is 21.1 Å². The third-order valence-corrected chi connectivity index (χ3v) is 3.18. The van der Waals surface area contributed by atoms with Gasteiger partial charge in [0.25, 0.3) is 11.4 Å². The molecule has 0 saturated carbocycles. The van der Waals surface area contributed by atoms with Crippen LogP contribution in [0, 0.1) is 6.92 Å². The second-order valence-electron chi connectivity index (χ2n) is 4.01. The normalized spacial score (nSPS) is 11.1. The molecule has 96 valence electrons. The molecule has 0 unspecified atom stereocenters. The minimum atomic E-state index is -0.476. The number of aromatic nitrogens is 3. The topological polar surface area (TPSA) is 92.0 Å². The number of H-pyrrole nitrogens is 1. The summed E-state index contributed by atoms with van der Waals surface area (Å²) >= 11 is 3.32. The summed E-state index contributed by atoms with van der Waals surface area (Å²) in [5, 5.41) is 14.4. The van der Waals surface area contributed by atoms with Gasteiger partial charge in [0, 0.05) is 9.86 Å². The fourth-order valence-electron chi connectivity index (χ4n) is 1.85. The second kappa shape index (κ2) is 4.20. The van der Waals surface area contributed by atoms with E-state index in [0.717, 1.165) is 4.47 Å². The first-order valence-corrected chi connectivity index (χ1v) is 6.21. The molecule has 2 aromatic heterocycles. The van der Waals surface area contributed by atoms with E-state index >= 15 is 0 Å². The smallest absolute Gasteiger partial charge is 0.267 e. The van der Waals surface area contributed by atoms with Crippen LogP contribution in [-0.2, 0) is 0 Å². The van der Waals surface area contributed by atoms with Crippen LogP contribution in [0.3, 0.4) is 0 Å². The van der Waals surface area contributed by atoms with Crippen molar-refractivity contribution in [1.29, 1.82) is 0 Å². The van der Waals surface area contributed by atoms with Gasteiger partial charge in [0.1, 0.15) is 11.3 Å². The molecule has 19 heavy (non-hydrogen) atoms. The van der Waals surface area contributed by atoms with Crippen molar-refractivity contribution in [2.45, 2.75) is 6.92 Å². The molecule has 0 aliphatic carbocycles. The Morgan fingerprint density at radius 1 is 1.42 bits per heavy atom. The number of nitrogens with one attached hydrogen (secondary N) is 1. The van der Waals surface area contributed by atoms with Crippen LogP contribution in [0.5, 0.6) is 5.75 Å². The predicted octanol–water partition coefficient (Wildman–Crippen LogP) is 2.35. The number of aryl methyl sites for hydroxylation is 1. The molecule has 0 amide bonds. The van der Waals surface area contributed by atoms with Crippen LogP contribution in [0.15, 0.2) is 32.0 Å². The quantitative estimate of drug-likeness (QED) is 0.717. The molecular weight excluding hydrogens is 314 g/mol. The average Bonchev–Trinajstić information content (AvgIpc) is 2.77. The van der Waals surface area contributed by atoms with Crippen LogP contribution < -0.4 is 5.56 Å². The van der Waals surface area contributed by atoms with Gasteiger partial charge >= 0.3 is 0 Å². The van der Waals surface area contributed by atoms with Crippen LogP contribution in [0.1, 0.15) is 5.82 Å². The van der Waals surface area contributed by atoms with Crippen LogP contribution in [-0.4, -0.2) is 20.2 Å². The predicted molar refractivity (Wildman–Crippen MR) is 72.0 cm³/mol. The third-order valence-electron chi connectivity index (χ3n) is 2.69. The zero-order chi connectivity index (χ0) is 13.6. The number of pyridine rings is 1. The molecule has 0 atom stereocenters. The molecule has 1 aromatic carbocycles. The molecule has 0 saturated heterocycles. The van der Waals surface area contributed by atoms with Crippen LogP contribution in [0.4, 0.5) is 0 Å². The monoisotopic (exact) mass is 321 g/mol. The summed E-state index contributed by atoms with van der Waals surface area (Å²) in [6, 6.07) is 5.17. The Morgan fingerprint density at radius 3 is 2.89 bits per heavy atom. The minimum absolute atomic E-state index is 0.00174. The lowest BCUT2D eigenvalue weighted by Crippen LogP contribution is -2.09. The highest BCUT2D eigenvalue weighted by molar-refractivity contribution is 9.10. The summed E-state index contributed by atoms with van der Waals surface area (Å²) < 4.78 is 5.73. The van der Waals surface area contributed by atoms with Gasteiger partial charge in [-0.05, 0) is 25.1 Å². The molecule has 3 rings (SSSR count). The average molecular weight is 322 g/mol. The standard InChI is InChI=1S/C12H8BrN3O3/c1-5-14-12(19-16-5)9-10(17)7-4-6(13)2-3-8(7)15-11(9)18/h2-4H,1H3,(H2,15,17,18). The number of hydrogen-bond donors (Lipinski definition) is 2. The van der Waals surface area contributed by atoms with Gasteiger partial charge < -0.3 is 14.6 Å². The summed E-state index contributed by atoms with van der Waals surface area (Å²) in [6.07, 6.45) is 0. The Hall–Kier alpha value is -2.15. The molecule has 7 heteroatoms. The number of benzene rings is 1. The number of halogens is 1. The molecule has 2 heterocycles. The van der Waals surface area contributed by atoms with Gasteiger partial charge in [-0.2, -0.15) is 4.98 Å². The van der Waals surface area contributed by atoms with Crippen molar-refractivity contribution in [2.24, 2.45) is 0 Å². The first-order chi connectivity index (χ1) is 9.06. The number of nitrogens with zero attached hydrogens (tertiary/aromatic N) is 2. The molecule has 0 aliphatic heterocycles. The molecule has 0 aliphatic rings. The maximum absolute atomic E-state index is 12.0. The largest absolute Gasteiger partial charge is 0.506 e. The molecule has 0 spiro atoms. The van der Waals surface area contributed by atoms with Gasteiger partial charge in [0.15, 0.2) is 5.82 Å². The highest BCUT2D eigenvalue weighted by atomic mass is 79.9. The zero-order valence-electron chi connectivity index (χ0n) is 9.77. The Kier molecular flexibility index (Phi) is 2.63. The first-order valence-electron chi connectivity index (χ1n) is 5.41. The Morgan fingerprint density at radius 2 is 2.21 bits per heavy atom. The lowest BCUT2D eigenvalue weighted by molar-refractivity contribution is 0.420. The van der Waals surface area contributed by atoms with E-state index in [1.165, 1.54) is 0 Å². The van der Waals surface area contributed by atoms with E-state index in [1.54, 1.807) is 25.1 Å². The molecule has 0 bridgehead atoms. The number of rotatable bonds is 1. The van der Waals surface area contributed by atoms with Crippen molar-refractivity contribution >= 4 is 26.8 Å². The highest BCUT2D eigenvalue weighted by Crippen LogP contribution is 2.32. The number of aromatic amines is 1. The van der Waals surface area contributed by atoms with Crippen molar-refractivity contribution in [1.82, 2.24) is 15.1 Å². The molecule has 0 fully saturated rings. The second-order valence-corrected chi connectivity index (χ2v) is 4.93. The van der Waals surface area contributed by atoms with Gasteiger partial charge in [-0.15, -0.1) is 0 Å². The van der Waals surface area contributed by atoms with Crippen molar-refractivity contribution in [3.8, 4) is 17.2 Å². The van der Waals surface area contributed by atoms with Crippen LogP contribution in [0.2, 0.25) is 0 Å². The van der Waals surface area contributed by atoms with E-state index in [4.69, 9.17) is 4.52 Å². The summed E-state index contributed by atoms with van der Waals surface area (Å²) in [5.41, 5.74) is 0.0351. The number of aromatic hydroxyl groups is 1. The maximum Gasteiger partial charge on any atom is 0.267 e. The van der Waals surface area contributed by atoms with Gasteiger partial charge in [-0.25, -0.2) is 0 Å². The molecule has 6 nitrogen and oxygen atoms in total. The van der Waals surface area contributed by atoms with E-state index in [9.17, 15) is 9.90 Å². The van der Waals surface area contributed by atoms with E-state index in [0.29, 0.717) is 16.7 Å². The van der Waals surface area contributed by atoms with E-state index in [-0.39, 0.29) is 17.2 Å². The highest BCUT2D eigenvalue weighted by Gasteiger charge is 2.19. The summed E-state index contributed by atoms with van der Waals surface area (Å²) in [7, 11) is 0. The summed E-state index contributed by atoms with van der Waals surface area (Å²) in [5.74, 6) is 0.213. The van der Waals surface area contributed by atoms with E-state index in [2.05, 4.69) is 31.1 Å². The number of fused-ring (bicyclic) bond motifs is 1. The molecular formula is C12H8BrN3O3. The Labute approximate surface area is 115 Å². The van der Waals surface area contributed by atoms with Crippen molar-refractivity contribution in [2.75, 3.05) is 0 Å². The van der Waals surface area contributed by atoms with Crippen molar-refractivity contribution in [3.05, 3.63) is 38.9 Å². The van der Waals surface area contributed by atoms with Crippen molar-refractivity contribution < 1.29 is 9.63 Å². The Balaban J connectivity index is 2.39. The van der Waals surface area contributed by atoms with Crippen LogP contribution in [0.25, 0.3) is 22.4 Å². The minimum Gasteiger partial charge on any atom is -0.506 e. The van der Waals surface area contributed by atoms with Crippen LogP contribution >= 0.6 is 15.9 Å². The maximum atomic E-state index is 12.0. The van der Waals surface area contributed by atoms with Gasteiger partial charge in [0.05, 0.1) is 5.52 Å². The molecule has 0 radical (unpaired) electrons. The lowest BCUT2D eigenvalue weighted by Gasteiger charge is -2.04. The third kappa shape index (κ3) is 1.91. The van der Waals surface area contributed by atoms with Gasteiger partial charge in [-0.3, -0.25) is 4.79 Å². The zero-order valence-corrected chi connectivity index (χ0v) is 11.4. The van der Waals surface area contributed by atoms with Crippen molar-refractivity contribution in [3.63, 3.8) is 0 Å². The first kappa shape index (κ1) is 11.9. The van der Waals surface area contributed by atoms with E-state index < -0.39 is 5.56 Å². The molecule has 2 N–H and O–H groups in total. The molecule has 3 aromatic rings. The Bertz CT molecular complexity index is 838. The van der Waals surface area contributed by atoms with E-state index in [1.807, 2.05) is 0 Å². The lowest BCUT2D eigenvalue weighted by atomic mass is 10.1.